The summed E-state index contributed by atoms with van der Waals surface area (Å²) in [6.07, 6.45) is 4.20. The second-order valence-electron chi connectivity index (χ2n) is 7.85. The van der Waals surface area contributed by atoms with Crippen molar-refractivity contribution in [2.24, 2.45) is 16.5 Å². The number of fused-ring (bicyclic) bond motifs is 1. The third-order valence-corrected chi connectivity index (χ3v) is 5.38. The van der Waals surface area contributed by atoms with Gasteiger partial charge in [-0.05, 0) is 42.0 Å². The van der Waals surface area contributed by atoms with E-state index in [0.717, 1.165) is 18.6 Å². The molecule has 0 bridgehead atoms. The van der Waals surface area contributed by atoms with E-state index in [-0.39, 0.29) is 17.4 Å². The van der Waals surface area contributed by atoms with Crippen LogP contribution in [-0.2, 0) is 0 Å². The van der Waals surface area contributed by atoms with E-state index in [1.54, 1.807) is 0 Å². The maximum Gasteiger partial charge on any atom is 0.0666 e. The van der Waals surface area contributed by atoms with Gasteiger partial charge in [0.05, 0.1) is 5.71 Å². The molecule has 25 heavy (non-hydrogen) atoms. The first-order valence-corrected chi connectivity index (χ1v) is 8.91. The normalized spacial score (nSPS) is 26.4. The molecular weight excluding hydrogens is 308 g/mol. The largest absolute Gasteiger partial charge is 0.411 e. The van der Waals surface area contributed by atoms with Crippen molar-refractivity contribution in [3.05, 3.63) is 72.3 Å². The first-order valence-electron chi connectivity index (χ1n) is 8.91. The topological polar surface area (TPSA) is 35.8 Å². The molecule has 1 fully saturated rings. The Morgan fingerprint density at radius 3 is 2.28 bits per heavy atom. The number of rotatable bonds is 2. The summed E-state index contributed by atoms with van der Waals surface area (Å²) in [6.45, 7) is 4.52. The Bertz CT molecular complexity index is 808. The van der Waals surface area contributed by atoms with Crippen LogP contribution >= 0.6 is 0 Å². The van der Waals surface area contributed by atoms with Crippen LogP contribution in [-0.4, -0.2) is 17.0 Å². The summed E-state index contributed by atoms with van der Waals surface area (Å²) in [4.78, 5) is 2.44. The summed E-state index contributed by atoms with van der Waals surface area (Å²) in [5.74, 6) is 0.161. The van der Waals surface area contributed by atoms with Crippen LogP contribution in [0.2, 0.25) is 0 Å². The van der Waals surface area contributed by atoms with Crippen molar-refractivity contribution in [2.45, 2.75) is 32.7 Å². The van der Waals surface area contributed by atoms with E-state index in [1.165, 1.54) is 16.9 Å². The summed E-state index contributed by atoms with van der Waals surface area (Å²) >= 11 is 0. The Kier molecular flexibility index (Phi) is 3.87. The Morgan fingerprint density at radius 1 is 1.00 bits per heavy atom. The first-order chi connectivity index (χ1) is 12.1. The predicted molar refractivity (Wildman–Crippen MR) is 103 cm³/mol. The Morgan fingerprint density at radius 2 is 1.64 bits per heavy atom. The van der Waals surface area contributed by atoms with Crippen molar-refractivity contribution < 1.29 is 5.21 Å². The molecule has 1 heterocycles. The molecule has 0 saturated heterocycles. The molecule has 2 aromatic rings. The summed E-state index contributed by atoms with van der Waals surface area (Å²) in [7, 11) is 0. The molecule has 3 nitrogen and oxygen atoms in total. The zero-order valence-electron chi connectivity index (χ0n) is 14.8. The smallest absolute Gasteiger partial charge is 0.0666 e. The fourth-order valence-corrected chi connectivity index (χ4v) is 4.35. The first kappa shape index (κ1) is 15.9. The number of benzene rings is 2. The lowest BCUT2D eigenvalue weighted by Crippen LogP contribution is -2.45. The van der Waals surface area contributed by atoms with Crippen LogP contribution in [0.25, 0.3) is 5.70 Å². The molecule has 4 rings (SSSR count). The third kappa shape index (κ3) is 2.84. The highest BCUT2D eigenvalue weighted by molar-refractivity contribution is 5.96. The molecule has 1 aliphatic heterocycles. The van der Waals surface area contributed by atoms with Crippen molar-refractivity contribution in [1.82, 2.24) is 0 Å². The average molecular weight is 332 g/mol. The van der Waals surface area contributed by atoms with Gasteiger partial charge in [0.1, 0.15) is 0 Å². The van der Waals surface area contributed by atoms with Crippen LogP contribution in [0.5, 0.6) is 0 Å². The quantitative estimate of drug-likeness (QED) is 0.607. The molecule has 2 aliphatic rings. The second-order valence-corrected chi connectivity index (χ2v) is 7.85. The molecule has 3 heteroatoms. The minimum Gasteiger partial charge on any atom is -0.411 e. The third-order valence-electron chi connectivity index (χ3n) is 5.38. The van der Waals surface area contributed by atoms with Gasteiger partial charge in [0.15, 0.2) is 0 Å². The van der Waals surface area contributed by atoms with Gasteiger partial charge >= 0.3 is 0 Å². The van der Waals surface area contributed by atoms with Gasteiger partial charge in [-0.15, -0.1) is 0 Å². The van der Waals surface area contributed by atoms with Crippen LogP contribution in [0.1, 0.15) is 32.3 Å². The highest BCUT2D eigenvalue weighted by Crippen LogP contribution is 2.48. The molecule has 1 aliphatic carbocycles. The molecule has 0 aromatic heterocycles. The van der Waals surface area contributed by atoms with Crippen LogP contribution in [0, 0.1) is 11.3 Å². The van der Waals surface area contributed by atoms with E-state index in [1.807, 2.05) is 12.1 Å². The summed E-state index contributed by atoms with van der Waals surface area (Å²) < 4.78 is 0. The Balaban J connectivity index is 1.84. The minimum atomic E-state index is 0.121. The van der Waals surface area contributed by atoms with Gasteiger partial charge in [0.25, 0.3) is 0 Å². The van der Waals surface area contributed by atoms with E-state index >= 15 is 0 Å². The maximum atomic E-state index is 9.62. The van der Waals surface area contributed by atoms with Gasteiger partial charge in [-0.2, -0.15) is 0 Å². The second kappa shape index (κ2) is 6.07. The Labute approximate surface area is 149 Å². The summed E-state index contributed by atoms with van der Waals surface area (Å²) in [6, 6.07) is 21.3. The van der Waals surface area contributed by atoms with E-state index in [0.29, 0.717) is 0 Å². The molecule has 2 atom stereocenters. The van der Waals surface area contributed by atoms with Gasteiger partial charge in [0.2, 0.25) is 0 Å². The molecule has 2 aromatic carbocycles. The van der Waals surface area contributed by atoms with Crippen LogP contribution in [0.15, 0.2) is 71.9 Å². The molecule has 0 amide bonds. The van der Waals surface area contributed by atoms with Crippen molar-refractivity contribution in [3.63, 3.8) is 0 Å². The van der Waals surface area contributed by atoms with Crippen molar-refractivity contribution in [1.29, 1.82) is 0 Å². The van der Waals surface area contributed by atoms with Crippen LogP contribution in [0.3, 0.4) is 0 Å². The number of para-hydroxylation sites is 1. The number of nitrogens with zero attached hydrogens (tertiary/aromatic N) is 2. The van der Waals surface area contributed by atoms with E-state index < -0.39 is 0 Å². The molecule has 0 unspecified atom stereocenters. The predicted octanol–water partition coefficient (Wildman–Crippen LogP) is 5.18. The highest BCUT2D eigenvalue weighted by atomic mass is 16.4. The fourth-order valence-electron chi connectivity index (χ4n) is 4.35. The molecule has 128 valence electrons. The lowest BCUT2D eigenvalue weighted by Gasteiger charge is -2.42. The zero-order chi connectivity index (χ0) is 17.4. The monoisotopic (exact) mass is 332 g/mol. The van der Waals surface area contributed by atoms with Crippen molar-refractivity contribution in [2.75, 3.05) is 4.90 Å². The van der Waals surface area contributed by atoms with E-state index in [9.17, 15) is 5.21 Å². The van der Waals surface area contributed by atoms with Gasteiger partial charge in [-0.3, -0.25) is 0 Å². The Hall–Kier alpha value is -2.55. The lowest BCUT2D eigenvalue weighted by atomic mass is 9.69. The van der Waals surface area contributed by atoms with Gasteiger partial charge in [0, 0.05) is 23.3 Å². The maximum absolute atomic E-state index is 9.62. The number of oxime groups is 1. The van der Waals surface area contributed by atoms with E-state index in [2.05, 4.69) is 78.5 Å². The summed E-state index contributed by atoms with van der Waals surface area (Å²) in [5.41, 5.74) is 4.63. The average Bonchev–Trinajstić information content (AvgIpc) is 3.00. The summed E-state index contributed by atoms with van der Waals surface area (Å²) in [5, 5.41) is 13.3. The standard InChI is InChI=1S/C22H24N2O/c1-22(2)14-19(23-25)18-13-20(16-9-5-3-6-10-16)24(21(18)15-22)17-11-7-4-8-12-17/h3-13,18,21,25H,14-15H2,1-2H3/b23-19-/t18-,21-/m1/s1. The van der Waals surface area contributed by atoms with Crippen molar-refractivity contribution in [3.8, 4) is 0 Å². The molecule has 0 radical (unpaired) electrons. The number of hydrogen-bond acceptors (Lipinski definition) is 3. The minimum absolute atomic E-state index is 0.121. The van der Waals surface area contributed by atoms with E-state index in [4.69, 9.17) is 0 Å². The fraction of sp³-hybridized carbons (Fsp3) is 0.318. The zero-order valence-corrected chi connectivity index (χ0v) is 14.8. The number of hydrogen-bond donors (Lipinski definition) is 1. The lowest BCUT2D eigenvalue weighted by molar-refractivity contribution is 0.258. The van der Waals surface area contributed by atoms with Gasteiger partial charge < -0.3 is 10.1 Å². The van der Waals surface area contributed by atoms with Crippen LogP contribution in [0.4, 0.5) is 5.69 Å². The van der Waals surface area contributed by atoms with Gasteiger partial charge in [-0.1, -0.05) is 67.5 Å². The molecule has 0 spiro atoms. The number of anilines is 1. The molecule has 1 N–H and O–H groups in total. The van der Waals surface area contributed by atoms with Gasteiger partial charge in [-0.25, -0.2) is 0 Å². The highest BCUT2D eigenvalue weighted by Gasteiger charge is 2.46. The van der Waals surface area contributed by atoms with Crippen LogP contribution < -0.4 is 4.90 Å². The SMILES string of the molecule is CC1(C)C/C(=N/O)[C@H]2C=C(c3ccccc3)N(c3ccccc3)[C@@H]2C1. The van der Waals surface area contributed by atoms with Crippen molar-refractivity contribution >= 4 is 17.1 Å². The molecule has 1 saturated carbocycles. The molecular formula is C22H24N2O.